The Bertz CT molecular complexity index is 1120. The van der Waals surface area contributed by atoms with E-state index in [1.54, 1.807) is 24.3 Å². The van der Waals surface area contributed by atoms with Gasteiger partial charge in [-0.2, -0.15) is 9.90 Å². The zero-order chi connectivity index (χ0) is 23.6. The Morgan fingerprint density at radius 1 is 1.15 bits per heavy atom. The van der Waals surface area contributed by atoms with Crippen LogP contribution < -0.4 is 14.8 Å². The summed E-state index contributed by atoms with van der Waals surface area (Å²) in [7, 11) is 1.17. The summed E-state index contributed by atoms with van der Waals surface area (Å²) in [6.07, 6.45) is 0.284. The number of carbonyl (C=O) groups is 1. The smallest absolute Gasteiger partial charge is 0.255 e. The minimum atomic E-state index is -2.65. The maximum absolute atomic E-state index is 13.8. The zero-order valence-corrected chi connectivity index (χ0v) is 17.5. The number of hydrogen-bond donors (Lipinski definition) is 1. The lowest BCUT2D eigenvalue weighted by molar-refractivity contribution is -0.134. The minimum absolute atomic E-state index is 0.0118. The summed E-state index contributed by atoms with van der Waals surface area (Å²) in [5.41, 5.74) is 0.975. The second kappa shape index (κ2) is 9.08. The quantitative estimate of drug-likeness (QED) is 0.511. The molecule has 1 amide bonds. The highest BCUT2D eigenvalue weighted by Gasteiger charge is 2.46. The van der Waals surface area contributed by atoms with Gasteiger partial charge in [0.1, 0.15) is 11.9 Å². The first kappa shape index (κ1) is 22.6. The number of nitrogens with zero attached hydrogens (tertiary/aromatic N) is 3. The Balaban J connectivity index is 1.29. The average Bonchev–Trinajstić information content (AvgIpc) is 3.14. The van der Waals surface area contributed by atoms with Crippen LogP contribution >= 0.6 is 0 Å². The second-order valence-corrected chi connectivity index (χ2v) is 7.73. The van der Waals surface area contributed by atoms with Gasteiger partial charge < -0.3 is 14.8 Å². The summed E-state index contributed by atoms with van der Waals surface area (Å²) in [6, 6.07) is 8.84. The molecule has 33 heavy (non-hydrogen) atoms. The van der Waals surface area contributed by atoms with E-state index in [1.807, 2.05) is 0 Å². The van der Waals surface area contributed by atoms with Crippen molar-refractivity contribution in [1.82, 2.24) is 15.0 Å². The van der Waals surface area contributed by atoms with Crippen LogP contribution in [0.4, 0.5) is 23.4 Å². The van der Waals surface area contributed by atoms with Gasteiger partial charge >= 0.3 is 0 Å². The molecule has 0 aliphatic heterocycles. The molecule has 0 radical (unpaired) electrons. The molecule has 1 aliphatic carbocycles. The number of alkyl halides is 2. The molecular formula is C22H20F4N4O3. The molecule has 11 heteroatoms. The molecule has 0 saturated heterocycles. The molecule has 1 heterocycles. The third-order valence-corrected chi connectivity index (χ3v) is 5.03. The van der Waals surface area contributed by atoms with Gasteiger partial charge in [0.05, 0.1) is 26.3 Å². The first-order valence-electron chi connectivity index (χ1n) is 10.1. The number of amides is 1. The molecule has 3 aromatic rings. The van der Waals surface area contributed by atoms with Gasteiger partial charge in [-0.15, -0.1) is 5.10 Å². The standard InChI is InChI=1S/C22H20F4N4O3/c1-32-21-17(23)6-14(7-18(21)24)12-30-27-11-19(29-30)28-20(31)8-13-2-4-15(5-3-13)33-16-9-22(25,26)10-16/h2-7,11,16H,8-10,12H2,1H3,(H,28,29,31). The van der Waals surface area contributed by atoms with Crippen LogP contribution in [0.25, 0.3) is 0 Å². The normalized spacial score (nSPS) is 15.1. The maximum atomic E-state index is 13.8. The van der Waals surface area contributed by atoms with E-state index in [9.17, 15) is 22.4 Å². The lowest BCUT2D eigenvalue weighted by atomic mass is 9.91. The van der Waals surface area contributed by atoms with Gasteiger partial charge in [-0.3, -0.25) is 4.79 Å². The Morgan fingerprint density at radius 2 is 1.82 bits per heavy atom. The van der Waals surface area contributed by atoms with Crippen molar-refractivity contribution in [1.29, 1.82) is 0 Å². The van der Waals surface area contributed by atoms with Crippen molar-refractivity contribution in [3.63, 3.8) is 0 Å². The van der Waals surface area contributed by atoms with Crippen molar-refractivity contribution in [3.05, 3.63) is 65.4 Å². The number of anilines is 1. The average molecular weight is 464 g/mol. The van der Waals surface area contributed by atoms with Gasteiger partial charge in [0.25, 0.3) is 5.92 Å². The van der Waals surface area contributed by atoms with E-state index >= 15 is 0 Å². The zero-order valence-electron chi connectivity index (χ0n) is 17.5. The summed E-state index contributed by atoms with van der Waals surface area (Å²) in [4.78, 5) is 13.5. The summed E-state index contributed by atoms with van der Waals surface area (Å²) in [6.45, 7) is -0.0118. The molecule has 0 bridgehead atoms. The molecule has 0 atom stereocenters. The van der Waals surface area contributed by atoms with Crippen LogP contribution in [0.2, 0.25) is 0 Å². The van der Waals surface area contributed by atoms with Crippen LogP contribution in [0.15, 0.2) is 42.6 Å². The van der Waals surface area contributed by atoms with Crippen molar-refractivity contribution in [2.24, 2.45) is 0 Å². The highest BCUT2D eigenvalue weighted by molar-refractivity contribution is 5.91. The molecule has 1 N–H and O–H groups in total. The van der Waals surface area contributed by atoms with Crippen LogP contribution in [-0.2, 0) is 17.8 Å². The predicted molar refractivity (Wildman–Crippen MR) is 109 cm³/mol. The summed E-state index contributed by atoms with van der Waals surface area (Å²) in [5.74, 6) is -4.49. The van der Waals surface area contributed by atoms with Gasteiger partial charge in [0, 0.05) is 12.8 Å². The van der Waals surface area contributed by atoms with Crippen molar-refractivity contribution in [2.45, 2.75) is 37.8 Å². The topological polar surface area (TPSA) is 78.3 Å². The van der Waals surface area contributed by atoms with Gasteiger partial charge in [0.15, 0.2) is 23.2 Å². The summed E-state index contributed by atoms with van der Waals surface area (Å²) >= 11 is 0. The van der Waals surface area contributed by atoms with E-state index in [1.165, 1.54) is 18.1 Å². The number of rotatable bonds is 8. The van der Waals surface area contributed by atoms with Crippen molar-refractivity contribution in [2.75, 3.05) is 12.4 Å². The third-order valence-electron chi connectivity index (χ3n) is 5.03. The van der Waals surface area contributed by atoms with E-state index in [-0.39, 0.29) is 43.1 Å². The van der Waals surface area contributed by atoms with Crippen molar-refractivity contribution in [3.8, 4) is 11.5 Å². The Labute approximate surface area is 186 Å². The Kier molecular flexibility index (Phi) is 6.21. The van der Waals surface area contributed by atoms with E-state index in [4.69, 9.17) is 4.74 Å². The minimum Gasteiger partial charge on any atom is -0.491 e. The fourth-order valence-corrected chi connectivity index (χ4v) is 3.43. The molecule has 1 aromatic heterocycles. The third kappa shape index (κ3) is 5.60. The van der Waals surface area contributed by atoms with Crippen LogP contribution in [0.1, 0.15) is 24.0 Å². The summed E-state index contributed by atoms with van der Waals surface area (Å²) < 4.78 is 63.5. The monoisotopic (exact) mass is 464 g/mol. The van der Waals surface area contributed by atoms with Gasteiger partial charge in [0.2, 0.25) is 5.91 Å². The van der Waals surface area contributed by atoms with Crippen LogP contribution in [-0.4, -0.2) is 40.0 Å². The lowest BCUT2D eigenvalue weighted by Gasteiger charge is -2.34. The number of benzene rings is 2. The lowest BCUT2D eigenvalue weighted by Crippen LogP contribution is -2.43. The van der Waals surface area contributed by atoms with E-state index < -0.39 is 29.4 Å². The van der Waals surface area contributed by atoms with Crippen molar-refractivity contribution < 1.29 is 31.8 Å². The molecule has 2 aromatic carbocycles. The number of nitrogens with one attached hydrogen (secondary N) is 1. The largest absolute Gasteiger partial charge is 0.491 e. The summed E-state index contributed by atoms with van der Waals surface area (Å²) in [5, 5.41) is 10.7. The molecular weight excluding hydrogens is 444 g/mol. The van der Waals surface area contributed by atoms with E-state index in [0.29, 0.717) is 11.3 Å². The van der Waals surface area contributed by atoms with Crippen LogP contribution in [0.5, 0.6) is 11.5 Å². The molecule has 7 nitrogen and oxygen atoms in total. The SMILES string of the molecule is COc1c(F)cc(Cn2ncc(NC(=O)Cc3ccc(OC4CC(F)(F)C4)cc3)n2)cc1F. The molecule has 1 saturated carbocycles. The molecule has 4 rings (SSSR count). The number of hydrogen-bond acceptors (Lipinski definition) is 5. The first-order chi connectivity index (χ1) is 15.7. The maximum Gasteiger partial charge on any atom is 0.255 e. The predicted octanol–water partition coefficient (Wildman–Crippen LogP) is 3.97. The van der Waals surface area contributed by atoms with Gasteiger partial charge in [-0.25, -0.2) is 17.6 Å². The molecule has 0 spiro atoms. The van der Waals surface area contributed by atoms with E-state index in [2.05, 4.69) is 20.3 Å². The van der Waals surface area contributed by atoms with Gasteiger partial charge in [-0.1, -0.05) is 12.1 Å². The van der Waals surface area contributed by atoms with Crippen molar-refractivity contribution >= 4 is 11.7 Å². The molecule has 1 aliphatic rings. The molecule has 174 valence electrons. The Morgan fingerprint density at radius 3 is 2.42 bits per heavy atom. The highest BCUT2D eigenvalue weighted by atomic mass is 19.3. The Hall–Kier alpha value is -3.63. The highest BCUT2D eigenvalue weighted by Crippen LogP contribution is 2.39. The number of methoxy groups -OCH3 is 1. The van der Waals surface area contributed by atoms with Crippen LogP contribution in [0, 0.1) is 11.6 Å². The first-order valence-corrected chi connectivity index (χ1v) is 10.1. The number of ether oxygens (including phenoxy) is 2. The second-order valence-electron chi connectivity index (χ2n) is 7.73. The number of carbonyl (C=O) groups excluding carboxylic acids is 1. The molecule has 0 unspecified atom stereocenters. The number of halogens is 4. The van der Waals surface area contributed by atoms with Crippen LogP contribution in [0.3, 0.4) is 0 Å². The molecule has 1 fully saturated rings. The fraction of sp³-hybridized carbons (Fsp3) is 0.318. The van der Waals surface area contributed by atoms with Gasteiger partial charge in [-0.05, 0) is 35.4 Å². The van der Waals surface area contributed by atoms with E-state index in [0.717, 1.165) is 12.1 Å². The number of aromatic nitrogens is 3. The fourth-order valence-electron chi connectivity index (χ4n) is 3.43.